The minimum Gasteiger partial charge on any atom is -0.317 e. The Balaban J connectivity index is 1.81. The van der Waals surface area contributed by atoms with Crippen molar-refractivity contribution >= 4 is 23.1 Å². The summed E-state index contributed by atoms with van der Waals surface area (Å²) >= 11 is 1.81. The van der Waals surface area contributed by atoms with Crippen LogP contribution in [0.25, 0.3) is 0 Å². The summed E-state index contributed by atoms with van der Waals surface area (Å²) in [6.07, 6.45) is 4.54. The summed E-state index contributed by atoms with van der Waals surface area (Å²) in [6.45, 7) is 4.99. The van der Waals surface area contributed by atoms with E-state index in [4.69, 9.17) is 0 Å². The lowest BCUT2D eigenvalue weighted by molar-refractivity contribution is 0.190. The van der Waals surface area contributed by atoms with Crippen LogP contribution in [0.1, 0.15) is 47.0 Å². The monoisotopic (exact) mass is 328 g/mol. The molecule has 2 aromatic rings. The van der Waals surface area contributed by atoms with Crippen molar-refractivity contribution in [1.29, 1.82) is 0 Å². The highest BCUT2D eigenvalue weighted by Gasteiger charge is 2.28. The number of carbonyl (C=O) groups excluding carboxylic acids is 1. The molecule has 1 N–H and O–H groups in total. The number of para-hydroxylation sites is 1. The fourth-order valence-electron chi connectivity index (χ4n) is 3.18. The lowest BCUT2D eigenvalue weighted by atomic mass is 10.1. The largest absolute Gasteiger partial charge is 0.322 e. The molecule has 0 aliphatic carbocycles. The van der Waals surface area contributed by atoms with Gasteiger partial charge in [-0.3, -0.25) is 0 Å². The molecule has 1 aromatic carbocycles. The number of hydrogen-bond acceptors (Lipinski definition) is 2. The van der Waals surface area contributed by atoms with Crippen LogP contribution in [0.4, 0.5) is 10.5 Å². The summed E-state index contributed by atoms with van der Waals surface area (Å²) < 4.78 is 0. The molecule has 1 aliphatic heterocycles. The highest BCUT2D eigenvalue weighted by atomic mass is 32.1. The fourth-order valence-corrected chi connectivity index (χ4v) is 4.20. The molecular weight excluding hydrogens is 304 g/mol. The molecule has 0 saturated carbocycles. The van der Waals surface area contributed by atoms with E-state index in [1.807, 2.05) is 47.4 Å². The smallest absolute Gasteiger partial charge is 0.317 e. The Kier molecular flexibility index (Phi) is 5.01. The third-order valence-electron chi connectivity index (χ3n) is 4.49. The van der Waals surface area contributed by atoms with Gasteiger partial charge in [-0.1, -0.05) is 31.0 Å². The predicted octanol–water partition coefficient (Wildman–Crippen LogP) is 5.51. The number of likely N-dealkylation sites (tertiary alicyclic amines) is 1. The van der Waals surface area contributed by atoms with E-state index in [1.54, 1.807) is 0 Å². The van der Waals surface area contributed by atoms with Crippen LogP contribution in [-0.4, -0.2) is 17.5 Å². The zero-order valence-electron chi connectivity index (χ0n) is 13.8. The van der Waals surface area contributed by atoms with E-state index in [0.29, 0.717) is 0 Å². The van der Waals surface area contributed by atoms with Crippen LogP contribution >= 0.6 is 11.3 Å². The highest BCUT2D eigenvalue weighted by molar-refractivity contribution is 7.12. The Morgan fingerprint density at radius 2 is 1.96 bits per heavy atom. The summed E-state index contributed by atoms with van der Waals surface area (Å²) in [5.74, 6) is 0. The van der Waals surface area contributed by atoms with Gasteiger partial charge in [0.25, 0.3) is 0 Å². The molecule has 0 unspecified atom stereocenters. The SMILES string of the molecule is Cc1ccc([C@@H]2CCCCCN2C(=O)Nc2ccccc2C)s1. The second kappa shape index (κ2) is 7.18. The maximum Gasteiger partial charge on any atom is 0.322 e. The molecular formula is C19H24N2OS. The lowest BCUT2D eigenvalue weighted by Crippen LogP contribution is -2.37. The lowest BCUT2D eigenvalue weighted by Gasteiger charge is -2.29. The number of rotatable bonds is 2. The molecule has 2 amide bonds. The van der Waals surface area contributed by atoms with Crippen LogP contribution < -0.4 is 5.32 Å². The number of nitrogens with one attached hydrogen (secondary N) is 1. The second-order valence-corrected chi connectivity index (χ2v) is 7.57. The quantitative estimate of drug-likeness (QED) is 0.774. The molecule has 0 spiro atoms. The average molecular weight is 328 g/mol. The number of urea groups is 1. The molecule has 1 saturated heterocycles. The van der Waals surface area contributed by atoms with E-state index in [0.717, 1.165) is 30.6 Å². The Morgan fingerprint density at radius 1 is 1.13 bits per heavy atom. The van der Waals surface area contributed by atoms with Crippen LogP contribution in [0.5, 0.6) is 0 Å². The molecule has 2 heterocycles. The van der Waals surface area contributed by atoms with Gasteiger partial charge < -0.3 is 10.2 Å². The minimum absolute atomic E-state index is 0.0252. The third-order valence-corrected chi connectivity index (χ3v) is 5.59. The summed E-state index contributed by atoms with van der Waals surface area (Å²) in [5, 5.41) is 3.11. The van der Waals surface area contributed by atoms with Gasteiger partial charge in [0.2, 0.25) is 0 Å². The van der Waals surface area contributed by atoms with E-state index in [1.165, 1.54) is 22.6 Å². The second-order valence-electron chi connectivity index (χ2n) is 6.25. The maximum atomic E-state index is 12.9. The van der Waals surface area contributed by atoms with Crippen molar-refractivity contribution in [2.45, 2.75) is 45.6 Å². The number of aryl methyl sites for hydroxylation is 2. The van der Waals surface area contributed by atoms with Crippen molar-refractivity contribution in [2.75, 3.05) is 11.9 Å². The van der Waals surface area contributed by atoms with Gasteiger partial charge in [0.1, 0.15) is 0 Å². The van der Waals surface area contributed by atoms with Crippen LogP contribution in [0.2, 0.25) is 0 Å². The van der Waals surface area contributed by atoms with E-state index in [9.17, 15) is 4.79 Å². The van der Waals surface area contributed by atoms with Gasteiger partial charge in [-0.25, -0.2) is 4.79 Å². The number of amides is 2. The van der Waals surface area contributed by atoms with Crippen LogP contribution in [-0.2, 0) is 0 Å². The van der Waals surface area contributed by atoms with Gasteiger partial charge in [-0.2, -0.15) is 0 Å². The molecule has 1 fully saturated rings. The molecule has 3 rings (SSSR count). The van der Waals surface area contributed by atoms with E-state index >= 15 is 0 Å². The van der Waals surface area contributed by atoms with Gasteiger partial charge >= 0.3 is 6.03 Å². The average Bonchev–Trinajstić information content (AvgIpc) is 2.82. The Labute approximate surface area is 142 Å². The highest BCUT2D eigenvalue weighted by Crippen LogP contribution is 2.34. The first-order valence-corrected chi connectivity index (χ1v) is 9.16. The Bertz CT molecular complexity index is 680. The van der Waals surface area contributed by atoms with Gasteiger partial charge in [-0.15, -0.1) is 11.3 Å². The van der Waals surface area contributed by atoms with Crippen molar-refractivity contribution < 1.29 is 4.79 Å². The van der Waals surface area contributed by atoms with E-state index in [2.05, 4.69) is 24.4 Å². The summed E-state index contributed by atoms with van der Waals surface area (Å²) in [4.78, 5) is 17.5. The molecule has 23 heavy (non-hydrogen) atoms. The number of carbonyl (C=O) groups is 1. The molecule has 3 nitrogen and oxygen atoms in total. The first-order valence-electron chi connectivity index (χ1n) is 8.35. The molecule has 122 valence electrons. The summed E-state index contributed by atoms with van der Waals surface area (Å²) in [6, 6.07) is 12.5. The first-order chi connectivity index (χ1) is 11.1. The fraction of sp³-hybridized carbons (Fsp3) is 0.421. The molecule has 0 radical (unpaired) electrons. The normalized spacial score (nSPS) is 18.5. The molecule has 0 bridgehead atoms. The summed E-state index contributed by atoms with van der Waals surface area (Å²) in [5.41, 5.74) is 2.00. The Morgan fingerprint density at radius 3 is 2.70 bits per heavy atom. The molecule has 4 heteroatoms. The molecule has 1 aromatic heterocycles. The topological polar surface area (TPSA) is 32.3 Å². The Hall–Kier alpha value is -1.81. The maximum absolute atomic E-state index is 12.9. The van der Waals surface area contributed by atoms with Crippen LogP contribution in [0.3, 0.4) is 0 Å². The van der Waals surface area contributed by atoms with Gasteiger partial charge in [-0.05, 0) is 50.5 Å². The molecule has 1 atom stereocenters. The van der Waals surface area contributed by atoms with Crippen LogP contribution in [0, 0.1) is 13.8 Å². The number of nitrogens with zero attached hydrogens (tertiary/aromatic N) is 1. The predicted molar refractivity (Wildman–Crippen MR) is 97.2 cm³/mol. The van der Waals surface area contributed by atoms with E-state index < -0.39 is 0 Å². The summed E-state index contributed by atoms with van der Waals surface area (Å²) in [7, 11) is 0. The van der Waals surface area contributed by atoms with Crippen molar-refractivity contribution in [2.24, 2.45) is 0 Å². The van der Waals surface area contributed by atoms with Crippen molar-refractivity contribution in [3.63, 3.8) is 0 Å². The van der Waals surface area contributed by atoms with Crippen molar-refractivity contribution in [3.05, 3.63) is 51.7 Å². The van der Waals surface area contributed by atoms with Crippen LogP contribution in [0.15, 0.2) is 36.4 Å². The van der Waals surface area contributed by atoms with Gasteiger partial charge in [0, 0.05) is 22.0 Å². The van der Waals surface area contributed by atoms with Gasteiger partial charge in [0.05, 0.1) is 6.04 Å². The van der Waals surface area contributed by atoms with Gasteiger partial charge in [0.15, 0.2) is 0 Å². The molecule has 1 aliphatic rings. The first kappa shape index (κ1) is 16.1. The van der Waals surface area contributed by atoms with Crippen molar-refractivity contribution in [3.8, 4) is 0 Å². The zero-order chi connectivity index (χ0) is 16.2. The van der Waals surface area contributed by atoms with E-state index in [-0.39, 0.29) is 12.1 Å². The number of anilines is 1. The number of benzene rings is 1. The zero-order valence-corrected chi connectivity index (χ0v) is 14.7. The third kappa shape index (κ3) is 3.75. The number of hydrogen-bond donors (Lipinski definition) is 1. The standard InChI is InChI=1S/C19H24N2OS/c1-14-8-5-6-9-16(14)20-19(22)21-13-7-3-4-10-17(21)18-12-11-15(2)23-18/h5-6,8-9,11-12,17H,3-4,7,10,13H2,1-2H3,(H,20,22)/t17-/m0/s1. The minimum atomic E-state index is 0.0252. The van der Waals surface area contributed by atoms with Crippen molar-refractivity contribution in [1.82, 2.24) is 4.90 Å². The number of thiophene rings is 1.